The van der Waals surface area contributed by atoms with Gasteiger partial charge in [0.05, 0.1) is 6.42 Å². The summed E-state index contributed by atoms with van der Waals surface area (Å²) in [7, 11) is 0. The Morgan fingerprint density at radius 2 is 1.84 bits per heavy atom. The highest BCUT2D eigenvalue weighted by Gasteiger charge is 2.04. The van der Waals surface area contributed by atoms with E-state index < -0.39 is 0 Å². The van der Waals surface area contributed by atoms with E-state index in [0.29, 0.717) is 5.69 Å². The third-order valence-corrected chi connectivity index (χ3v) is 2.23. The van der Waals surface area contributed by atoms with Crippen molar-refractivity contribution in [1.29, 1.82) is 0 Å². The Bertz CT molecular complexity index is 504. The number of carbonyl (C=O) groups excluding carboxylic acids is 3. The van der Waals surface area contributed by atoms with Crippen molar-refractivity contribution in [3.8, 4) is 0 Å². The first kappa shape index (κ1) is 14.6. The zero-order valence-electron chi connectivity index (χ0n) is 10.7. The molecule has 100 valence electrons. The molecule has 5 heteroatoms. The van der Waals surface area contributed by atoms with Crippen molar-refractivity contribution >= 4 is 29.4 Å². The lowest BCUT2D eigenvalue weighted by Gasteiger charge is -2.04. The molecule has 5 nitrogen and oxygen atoms in total. The minimum atomic E-state index is -0.385. The largest absolute Gasteiger partial charge is 0.369 e. The standard InChI is InChI=1S/C14H16N2O3/c1-10(17)9-14(19)16-12-7-5-11(6-8-12)3-2-4-13(15)18/h2-3,5-8H,4,9H2,1H3,(H2,15,18)(H,16,19). The fourth-order valence-electron chi connectivity index (χ4n) is 1.42. The molecule has 0 unspecified atom stereocenters. The van der Waals surface area contributed by atoms with E-state index in [1.54, 1.807) is 36.4 Å². The van der Waals surface area contributed by atoms with Gasteiger partial charge in [-0.1, -0.05) is 24.3 Å². The number of hydrogen-bond acceptors (Lipinski definition) is 3. The Balaban J connectivity index is 2.56. The lowest BCUT2D eigenvalue weighted by Crippen LogP contribution is -2.14. The van der Waals surface area contributed by atoms with Crippen LogP contribution in [0.25, 0.3) is 6.08 Å². The smallest absolute Gasteiger partial charge is 0.231 e. The van der Waals surface area contributed by atoms with Crippen molar-refractivity contribution in [2.75, 3.05) is 5.32 Å². The quantitative estimate of drug-likeness (QED) is 0.759. The van der Waals surface area contributed by atoms with Gasteiger partial charge in [-0.25, -0.2) is 0 Å². The van der Waals surface area contributed by atoms with E-state index in [1.165, 1.54) is 6.92 Å². The Labute approximate surface area is 111 Å². The zero-order chi connectivity index (χ0) is 14.3. The second-order valence-corrected chi connectivity index (χ2v) is 4.12. The number of amides is 2. The average molecular weight is 260 g/mol. The van der Waals surface area contributed by atoms with Crippen molar-refractivity contribution in [2.24, 2.45) is 5.73 Å². The number of nitrogens with two attached hydrogens (primary N) is 1. The first-order chi connectivity index (χ1) is 8.97. The van der Waals surface area contributed by atoms with Gasteiger partial charge in [-0.2, -0.15) is 0 Å². The molecule has 0 aliphatic rings. The van der Waals surface area contributed by atoms with Gasteiger partial charge in [-0.3, -0.25) is 14.4 Å². The van der Waals surface area contributed by atoms with Gasteiger partial charge in [0.15, 0.2) is 0 Å². The monoisotopic (exact) mass is 260 g/mol. The van der Waals surface area contributed by atoms with Gasteiger partial charge in [0, 0.05) is 12.1 Å². The number of ketones is 1. The van der Waals surface area contributed by atoms with Crippen LogP contribution >= 0.6 is 0 Å². The van der Waals surface area contributed by atoms with Crippen molar-refractivity contribution in [2.45, 2.75) is 19.8 Å². The summed E-state index contributed by atoms with van der Waals surface area (Å²) in [5.41, 5.74) is 6.53. The van der Waals surface area contributed by atoms with Gasteiger partial charge in [-0.05, 0) is 24.6 Å². The first-order valence-electron chi connectivity index (χ1n) is 5.81. The number of anilines is 1. The number of hydrogen-bond donors (Lipinski definition) is 2. The van der Waals surface area contributed by atoms with E-state index in [9.17, 15) is 14.4 Å². The third-order valence-electron chi connectivity index (χ3n) is 2.23. The molecular formula is C14H16N2O3. The number of benzene rings is 1. The van der Waals surface area contributed by atoms with E-state index >= 15 is 0 Å². The van der Waals surface area contributed by atoms with Gasteiger partial charge in [0.1, 0.15) is 5.78 Å². The van der Waals surface area contributed by atoms with Crippen LogP contribution < -0.4 is 11.1 Å². The highest BCUT2D eigenvalue weighted by molar-refractivity contribution is 6.03. The average Bonchev–Trinajstić information content (AvgIpc) is 2.29. The summed E-state index contributed by atoms with van der Waals surface area (Å²) in [6.45, 7) is 1.37. The van der Waals surface area contributed by atoms with Gasteiger partial charge < -0.3 is 11.1 Å². The van der Waals surface area contributed by atoms with E-state index in [4.69, 9.17) is 5.73 Å². The molecule has 0 atom stereocenters. The van der Waals surface area contributed by atoms with Crippen LogP contribution in [-0.4, -0.2) is 17.6 Å². The van der Waals surface area contributed by atoms with Crippen LogP contribution in [0.3, 0.4) is 0 Å². The van der Waals surface area contributed by atoms with Crippen LogP contribution in [0.4, 0.5) is 5.69 Å². The molecule has 0 radical (unpaired) electrons. The van der Waals surface area contributed by atoms with Crippen LogP contribution in [0, 0.1) is 0 Å². The van der Waals surface area contributed by atoms with Crippen LogP contribution in [-0.2, 0) is 14.4 Å². The molecular weight excluding hydrogens is 244 g/mol. The third kappa shape index (κ3) is 6.16. The van der Waals surface area contributed by atoms with E-state index in [1.807, 2.05) is 0 Å². The maximum Gasteiger partial charge on any atom is 0.231 e. The summed E-state index contributed by atoms with van der Waals surface area (Å²) < 4.78 is 0. The van der Waals surface area contributed by atoms with Crippen LogP contribution in [0.2, 0.25) is 0 Å². The van der Waals surface area contributed by atoms with E-state index in [0.717, 1.165) is 5.56 Å². The maximum absolute atomic E-state index is 11.4. The molecule has 0 spiro atoms. The summed E-state index contributed by atoms with van der Waals surface area (Å²) in [5, 5.41) is 2.62. The summed E-state index contributed by atoms with van der Waals surface area (Å²) >= 11 is 0. The van der Waals surface area contributed by atoms with Crippen molar-refractivity contribution in [1.82, 2.24) is 0 Å². The molecule has 19 heavy (non-hydrogen) atoms. The minimum absolute atomic E-state index is 0.125. The maximum atomic E-state index is 11.4. The van der Waals surface area contributed by atoms with Crippen LogP contribution in [0.5, 0.6) is 0 Å². The number of carbonyl (C=O) groups is 3. The molecule has 0 fully saturated rings. The molecule has 0 aliphatic heterocycles. The topological polar surface area (TPSA) is 89.3 Å². The predicted octanol–water partition coefficient (Wildman–Crippen LogP) is 1.49. The molecule has 0 aromatic heterocycles. The summed E-state index contributed by atoms with van der Waals surface area (Å²) in [4.78, 5) is 32.7. The number of Topliss-reactive ketones (excluding diaryl/α,β-unsaturated/α-hetero) is 1. The lowest BCUT2D eigenvalue weighted by molar-refractivity contribution is -0.124. The predicted molar refractivity (Wildman–Crippen MR) is 73.2 cm³/mol. The van der Waals surface area contributed by atoms with Crippen molar-refractivity contribution in [3.63, 3.8) is 0 Å². The molecule has 0 saturated carbocycles. The normalized spacial score (nSPS) is 10.4. The lowest BCUT2D eigenvalue weighted by atomic mass is 10.1. The zero-order valence-corrected chi connectivity index (χ0v) is 10.7. The van der Waals surface area contributed by atoms with Crippen LogP contribution in [0.1, 0.15) is 25.3 Å². The Kier molecular flexibility index (Phi) is 5.47. The molecule has 1 aromatic carbocycles. The SMILES string of the molecule is CC(=O)CC(=O)Nc1ccc(C=CCC(N)=O)cc1. The van der Waals surface area contributed by atoms with Gasteiger partial charge >= 0.3 is 0 Å². The highest BCUT2D eigenvalue weighted by atomic mass is 16.2. The molecule has 0 aliphatic carbocycles. The summed E-state index contributed by atoms with van der Waals surface area (Å²) in [5.74, 6) is -0.891. The van der Waals surface area contributed by atoms with Crippen LogP contribution in [0.15, 0.2) is 30.3 Å². The fourth-order valence-corrected chi connectivity index (χ4v) is 1.42. The number of primary amides is 1. The molecule has 0 bridgehead atoms. The molecule has 3 N–H and O–H groups in total. The molecule has 0 saturated heterocycles. The highest BCUT2D eigenvalue weighted by Crippen LogP contribution is 2.11. The number of rotatable bonds is 6. The van der Waals surface area contributed by atoms with Gasteiger partial charge in [0.2, 0.25) is 11.8 Å². The second-order valence-electron chi connectivity index (χ2n) is 4.12. The Morgan fingerprint density at radius 1 is 1.21 bits per heavy atom. The van der Waals surface area contributed by atoms with Gasteiger partial charge in [0.25, 0.3) is 0 Å². The summed E-state index contributed by atoms with van der Waals surface area (Å²) in [6.07, 6.45) is 3.51. The molecule has 2 amide bonds. The molecule has 0 heterocycles. The fraction of sp³-hybridized carbons (Fsp3) is 0.214. The number of nitrogens with one attached hydrogen (secondary N) is 1. The molecule has 1 aromatic rings. The second kappa shape index (κ2) is 7.10. The van der Waals surface area contributed by atoms with Crippen molar-refractivity contribution < 1.29 is 14.4 Å². The van der Waals surface area contributed by atoms with E-state index in [2.05, 4.69) is 5.32 Å². The Hall–Kier alpha value is -2.43. The Morgan fingerprint density at radius 3 is 2.37 bits per heavy atom. The summed E-state index contributed by atoms with van der Waals surface area (Å²) in [6, 6.07) is 7.03. The first-order valence-corrected chi connectivity index (χ1v) is 5.81. The minimum Gasteiger partial charge on any atom is -0.369 e. The van der Waals surface area contributed by atoms with Crippen molar-refractivity contribution in [3.05, 3.63) is 35.9 Å². The molecule has 1 rings (SSSR count). The van der Waals surface area contributed by atoms with Gasteiger partial charge in [-0.15, -0.1) is 0 Å². The van der Waals surface area contributed by atoms with E-state index in [-0.39, 0.29) is 30.4 Å².